The molecule has 3 nitrogen and oxygen atoms in total. The molecule has 0 amide bonds. The van der Waals surface area contributed by atoms with Gasteiger partial charge in [-0.05, 0) is 35.9 Å². The fourth-order valence-corrected chi connectivity index (χ4v) is 3.85. The van der Waals surface area contributed by atoms with Gasteiger partial charge in [0.1, 0.15) is 5.75 Å². The van der Waals surface area contributed by atoms with Crippen molar-refractivity contribution in [3.05, 3.63) is 63.1 Å². The maximum absolute atomic E-state index is 6.24. The highest BCUT2D eigenvalue weighted by molar-refractivity contribution is 9.10. The first-order valence-corrected chi connectivity index (χ1v) is 9.28. The summed E-state index contributed by atoms with van der Waals surface area (Å²) in [5, 5.41) is 7.78. The number of halogens is 2. The molecule has 4 rings (SSSR count). The quantitative estimate of drug-likeness (QED) is 0.647. The highest BCUT2D eigenvalue weighted by Gasteiger charge is 2.41. The van der Waals surface area contributed by atoms with Crippen LogP contribution in [0.2, 0.25) is 5.02 Å². The van der Waals surface area contributed by atoms with Gasteiger partial charge in [-0.25, -0.2) is 5.01 Å². The molecule has 24 heavy (non-hydrogen) atoms. The lowest BCUT2D eigenvalue weighted by atomic mass is 9.95. The second-order valence-electron chi connectivity index (χ2n) is 6.59. The number of hydrogen-bond donors (Lipinski definition) is 0. The van der Waals surface area contributed by atoms with E-state index in [1.165, 1.54) is 5.56 Å². The number of benzene rings is 2. The van der Waals surface area contributed by atoms with Gasteiger partial charge in [-0.1, -0.05) is 53.5 Å². The normalized spacial score (nSPS) is 22.0. The Bertz CT molecular complexity index is 804. The summed E-state index contributed by atoms with van der Waals surface area (Å²) in [6.07, 6.45) is 0.825. The maximum Gasteiger partial charge on any atom is 0.190 e. The Morgan fingerprint density at radius 3 is 2.67 bits per heavy atom. The molecule has 0 saturated carbocycles. The van der Waals surface area contributed by atoms with E-state index in [0.717, 1.165) is 32.9 Å². The van der Waals surface area contributed by atoms with Crippen LogP contribution in [-0.2, 0) is 0 Å². The van der Waals surface area contributed by atoms with Gasteiger partial charge in [0.15, 0.2) is 6.23 Å². The van der Waals surface area contributed by atoms with E-state index in [0.29, 0.717) is 5.92 Å². The molecule has 2 heterocycles. The Hall–Kier alpha value is -1.52. The van der Waals surface area contributed by atoms with Crippen LogP contribution in [0, 0.1) is 5.92 Å². The zero-order valence-electron chi connectivity index (χ0n) is 13.5. The van der Waals surface area contributed by atoms with E-state index in [9.17, 15) is 0 Å². The van der Waals surface area contributed by atoms with Crippen LogP contribution in [0.15, 0.2) is 52.0 Å². The molecular weight excluding hydrogens is 388 g/mol. The number of hydrazone groups is 1. The first-order valence-electron chi connectivity index (χ1n) is 8.11. The second-order valence-corrected chi connectivity index (χ2v) is 7.94. The predicted molar refractivity (Wildman–Crippen MR) is 101 cm³/mol. The third-order valence-electron chi connectivity index (χ3n) is 4.53. The van der Waals surface area contributed by atoms with Crippen LogP contribution < -0.4 is 4.74 Å². The lowest BCUT2D eigenvalue weighted by molar-refractivity contribution is -0.0461. The average molecular weight is 406 g/mol. The summed E-state index contributed by atoms with van der Waals surface area (Å²) < 4.78 is 7.31. The summed E-state index contributed by atoms with van der Waals surface area (Å²) >= 11 is 9.59. The van der Waals surface area contributed by atoms with Crippen LogP contribution >= 0.6 is 27.5 Å². The van der Waals surface area contributed by atoms with Crippen LogP contribution in [0.4, 0.5) is 0 Å². The second kappa shape index (κ2) is 6.08. The van der Waals surface area contributed by atoms with Gasteiger partial charge in [0.05, 0.1) is 11.8 Å². The summed E-state index contributed by atoms with van der Waals surface area (Å²) in [6, 6.07) is 14.3. The minimum atomic E-state index is -0.0477. The number of ether oxygens (including phenoxy) is 1. The van der Waals surface area contributed by atoms with Crippen molar-refractivity contribution in [2.24, 2.45) is 11.0 Å². The molecule has 0 aromatic heterocycles. The molecule has 0 fully saturated rings. The van der Waals surface area contributed by atoms with E-state index in [4.69, 9.17) is 21.4 Å². The van der Waals surface area contributed by atoms with Crippen LogP contribution in [0.3, 0.4) is 0 Å². The zero-order chi connectivity index (χ0) is 16.8. The van der Waals surface area contributed by atoms with Crippen molar-refractivity contribution in [2.75, 3.05) is 0 Å². The summed E-state index contributed by atoms with van der Waals surface area (Å²) in [7, 11) is 0. The molecule has 2 aliphatic heterocycles. The van der Waals surface area contributed by atoms with E-state index in [1.54, 1.807) is 0 Å². The third-order valence-corrected chi connectivity index (χ3v) is 5.27. The van der Waals surface area contributed by atoms with Gasteiger partial charge in [0, 0.05) is 27.4 Å². The topological polar surface area (TPSA) is 24.8 Å². The molecule has 2 aromatic rings. The van der Waals surface area contributed by atoms with Gasteiger partial charge in [-0.15, -0.1) is 0 Å². The van der Waals surface area contributed by atoms with Gasteiger partial charge >= 0.3 is 0 Å². The summed E-state index contributed by atoms with van der Waals surface area (Å²) in [5.41, 5.74) is 3.39. The highest BCUT2D eigenvalue weighted by atomic mass is 79.9. The van der Waals surface area contributed by atoms with E-state index in [2.05, 4.69) is 40.9 Å². The molecule has 0 aliphatic carbocycles. The van der Waals surface area contributed by atoms with E-state index in [1.807, 2.05) is 36.4 Å². The monoisotopic (exact) mass is 404 g/mol. The van der Waals surface area contributed by atoms with Gasteiger partial charge < -0.3 is 4.74 Å². The van der Waals surface area contributed by atoms with E-state index >= 15 is 0 Å². The summed E-state index contributed by atoms with van der Waals surface area (Å²) in [4.78, 5) is 0. The minimum Gasteiger partial charge on any atom is -0.468 e. The first kappa shape index (κ1) is 16.0. The molecule has 2 atom stereocenters. The third kappa shape index (κ3) is 2.72. The zero-order valence-corrected chi connectivity index (χ0v) is 15.9. The van der Waals surface area contributed by atoms with Crippen molar-refractivity contribution in [3.8, 4) is 5.75 Å². The van der Waals surface area contributed by atoms with Gasteiger partial charge in [-0.3, -0.25) is 0 Å². The van der Waals surface area contributed by atoms with Crippen LogP contribution in [0.1, 0.15) is 37.4 Å². The molecule has 2 aromatic carbocycles. The highest BCUT2D eigenvalue weighted by Crippen LogP contribution is 2.45. The largest absolute Gasteiger partial charge is 0.468 e. The number of rotatable bonds is 2. The fourth-order valence-electron chi connectivity index (χ4n) is 3.34. The molecule has 2 aliphatic rings. The summed E-state index contributed by atoms with van der Waals surface area (Å²) in [5.74, 6) is 1.31. The standard InChI is InChI=1S/C19H18BrClN2O/c1-11(2)19-23-17(15-9-13(20)5-8-18(15)24-19)10-16(22-23)12-3-6-14(21)7-4-12/h3-9,11,17,19H,10H2,1-2H3. The molecule has 0 radical (unpaired) electrons. The van der Waals surface area contributed by atoms with Gasteiger partial charge in [0.25, 0.3) is 0 Å². The molecule has 0 spiro atoms. The molecule has 0 bridgehead atoms. The Morgan fingerprint density at radius 2 is 1.96 bits per heavy atom. The van der Waals surface area contributed by atoms with Crippen LogP contribution in [0.5, 0.6) is 5.75 Å². The Labute approximate surface area is 155 Å². The smallest absolute Gasteiger partial charge is 0.190 e. The van der Waals surface area contributed by atoms with Crippen molar-refractivity contribution < 1.29 is 4.74 Å². The Kier molecular flexibility index (Phi) is 4.05. The number of fused-ring (bicyclic) bond motifs is 3. The number of hydrogen-bond acceptors (Lipinski definition) is 3. The first-order chi connectivity index (χ1) is 11.5. The predicted octanol–water partition coefficient (Wildman–Crippen LogP) is 5.63. The molecule has 0 saturated heterocycles. The average Bonchev–Trinajstić information content (AvgIpc) is 3.00. The van der Waals surface area contributed by atoms with Crippen molar-refractivity contribution in [1.82, 2.24) is 5.01 Å². The Balaban J connectivity index is 1.75. The lowest BCUT2D eigenvalue weighted by Gasteiger charge is -2.40. The fraction of sp³-hybridized carbons (Fsp3) is 0.316. The molecule has 5 heteroatoms. The molecule has 2 unspecified atom stereocenters. The van der Waals surface area contributed by atoms with Gasteiger partial charge in [-0.2, -0.15) is 5.10 Å². The van der Waals surface area contributed by atoms with Crippen molar-refractivity contribution in [2.45, 2.75) is 32.5 Å². The van der Waals surface area contributed by atoms with Crippen molar-refractivity contribution >= 4 is 33.2 Å². The SMILES string of the molecule is CC(C)C1Oc2ccc(Br)cc2C2CC(c3ccc(Cl)cc3)=NN21. The minimum absolute atomic E-state index is 0.0477. The van der Waals surface area contributed by atoms with E-state index in [-0.39, 0.29) is 12.3 Å². The molecule has 0 N–H and O–H groups in total. The number of nitrogens with zero attached hydrogens (tertiary/aromatic N) is 2. The van der Waals surface area contributed by atoms with Crippen LogP contribution in [-0.4, -0.2) is 16.9 Å². The Morgan fingerprint density at radius 1 is 1.21 bits per heavy atom. The summed E-state index contributed by atoms with van der Waals surface area (Å²) in [6.45, 7) is 4.34. The maximum atomic E-state index is 6.24. The van der Waals surface area contributed by atoms with E-state index < -0.39 is 0 Å². The molecule has 124 valence electrons. The van der Waals surface area contributed by atoms with Crippen molar-refractivity contribution in [1.29, 1.82) is 0 Å². The van der Waals surface area contributed by atoms with Crippen LogP contribution in [0.25, 0.3) is 0 Å². The van der Waals surface area contributed by atoms with Crippen molar-refractivity contribution in [3.63, 3.8) is 0 Å². The lowest BCUT2D eigenvalue weighted by Crippen LogP contribution is -2.43. The molecular formula is C19H18BrClN2O. The van der Waals surface area contributed by atoms with Gasteiger partial charge in [0.2, 0.25) is 0 Å².